The van der Waals surface area contributed by atoms with Crippen LogP contribution in [0.1, 0.15) is 29.8 Å². The normalized spacial score (nSPS) is 11.2. The summed E-state index contributed by atoms with van der Waals surface area (Å²) in [5, 5.41) is 2.91. The van der Waals surface area contributed by atoms with Crippen LogP contribution < -0.4 is 10.2 Å². The van der Waals surface area contributed by atoms with Crippen LogP contribution in [0.3, 0.4) is 0 Å². The molecule has 0 aromatic heterocycles. The standard InChI is InChI=1S/C19H23FN2O/c1-19(2,16-10-5-6-11-17(16)20)13-21-18(23)14-8-7-9-15(12-14)22(3)4/h5-12H,13H2,1-4H3,(H,21,23). The zero-order valence-corrected chi connectivity index (χ0v) is 14.1. The molecule has 0 heterocycles. The lowest BCUT2D eigenvalue weighted by Crippen LogP contribution is -2.37. The van der Waals surface area contributed by atoms with E-state index in [4.69, 9.17) is 0 Å². The van der Waals surface area contributed by atoms with Gasteiger partial charge in [0.05, 0.1) is 0 Å². The molecule has 0 saturated heterocycles. The number of benzene rings is 2. The van der Waals surface area contributed by atoms with Crippen LogP contribution in [-0.4, -0.2) is 26.5 Å². The highest BCUT2D eigenvalue weighted by molar-refractivity contribution is 5.95. The maximum Gasteiger partial charge on any atom is 0.251 e. The van der Waals surface area contributed by atoms with E-state index in [1.165, 1.54) is 6.07 Å². The number of hydrogen-bond acceptors (Lipinski definition) is 2. The number of anilines is 1. The molecule has 0 fully saturated rings. The lowest BCUT2D eigenvalue weighted by molar-refractivity contribution is 0.0945. The van der Waals surface area contributed by atoms with Gasteiger partial charge in [-0.25, -0.2) is 4.39 Å². The van der Waals surface area contributed by atoms with Gasteiger partial charge in [0, 0.05) is 37.3 Å². The molecule has 3 nitrogen and oxygen atoms in total. The number of halogens is 1. The van der Waals surface area contributed by atoms with Crippen molar-refractivity contribution in [2.24, 2.45) is 0 Å². The smallest absolute Gasteiger partial charge is 0.251 e. The van der Waals surface area contributed by atoms with Crippen LogP contribution in [0.5, 0.6) is 0 Å². The summed E-state index contributed by atoms with van der Waals surface area (Å²) >= 11 is 0. The fraction of sp³-hybridized carbons (Fsp3) is 0.316. The van der Waals surface area contributed by atoms with E-state index in [0.717, 1.165) is 5.69 Å². The maximum absolute atomic E-state index is 14.0. The quantitative estimate of drug-likeness (QED) is 0.914. The van der Waals surface area contributed by atoms with E-state index >= 15 is 0 Å². The van der Waals surface area contributed by atoms with Gasteiger partial charge < -0.3 is 10.2 Å². The van der Waals surface area contributed by atoms with Crippen molar-refractivity contribution in [2.45, 2.75) is 19.3 Å². The van der Waals surface area contributed by atoms with Crippen molar-refractivity contribution in [1.82, 2.24) is 5.32 Å². The molecule has 23 heavy (non-hydrogen) atoms. The maximum atomic E-state index is 14.0. The van der Waals surface area contributed by atoms with Crippen molar-refractivity contribution in [3.63, 3.8) is 0 Å². The predicted octanol–water partition coefficient (Wildman–Crippen LogP) is 3.60. The van der Waals surface area contributed by atoms with Crippen molar-refractivity contribution in [3.8, 4) is 0 Å². The number of nitrogens with zero attached hydrogens (tertiary/aromatic N) is 1. The number of carbonyl (C=O) groups is 1. The monoisotopic (exact) mass is 314 g/mol. The summed E-state index contributed by atoms with van der Waals surface area (Å²) in [7, 11) is 3.86. The first-order valence-corrected chi connectivity index (χ1v) is 7.62. The zero-order valence-electron chi connectivity index (χ0n) is 14.1. The third-order valence-electron chi connectivity index (χ3n) is 3.92. The molecule has 0 bridgehead atoms. The summed E-state index contributed by atoms with van der Waals surface area (Å²) in [5.41, 5.74) is 1.68. The second-order valence-electron chi connectivity index (χ2n) is 6.49. The second kappa shape index (κ2) is 6.82. The van der Waals surface area contributed by atoms with Crippen LogP contribution in [0.15, 0.2) is 48.5 Å². The topological polar surface area (TPSA) is 32.3 Å². The average molecular weight is 314 g/mol. The summed E-state index contributed by atoms with van der Waals surface area (Å²) in [6.45, 7) is 4.20. The fourth-order valence-corrected chi connectivity index (χ4v) is 2.43. The molecule has 0 aliphatic carbocycles. The molecule has 4 heteroatoms. The molecule has 0 saturated carbocycles. The Hall–Kier alpha value is -2.36. The van der Waals surface area contributed by atoms with Gasteiger partial charge in [-0.05, 0) is 29.8 Å². The van der Waals surface area contributed by atoms with Crippen molar-refractivity contribution < 1.29 is 9.18 Å². The van der Waals surface area contributed by atoms with Crippen molar-refractivity contribution in [2.75, 3.05) is 25.5 Å². The molecule has 0 unspecified atom stereocenters. The number of rotatable bonds is 5. The SMILES string of the molecule is CN(C)c1cccc(C(=O)NCC(C)(C)c2ccccc2F)c1. The Bertz CT molecular complexity index is 695. The average Bonchev–Trinajstić information content (AvgIpc) is 2.53. The minimum atomic E-state index is -0.486. The van der Waals surface area contributed by atoms with Crippen molar-refractivity contribution in [3.05, 3.63) is 65.5 Å². The molecule has 0 spiro atoms. The summed E-state index contributed by atoms with van der Waals surface area (Å²) in [6, 6.07) is 14.1. The minimum absolute atomic E-state index is 0.155. The van der Waals surface area contributed by atoms with Crippen LogP contribution in [0, 0.1) is 5.82 Å². The Morgan fingerprint density at radius 2 is 1.83 bits per heavy atom. The van der Waals surface area contributed by atoms with Gasteiger partial charge in [-0.2, -0.15) is 0 Å². The van der Waals surface area contributed by atoms with Gasteiger partial charge in [0.1, 0.15) is 5.82 Å². The van der Waals surface area contributed by atoms with Crippen LogP contribution in [0.25, 0.3) is 0 Å². The fourth-order valence-electron chi connectivity index (χ4n) is 2.43. The summed E-state index contributed by atoms with van der Waals surface area (Å²) in [5.74, 6) is -0.403. The Labute approximate surface area is 137 Å². The van der Waals surface area contributed by atoms with E-state index in [0.29, 0.717) is 17.7 Å². The van der Waals surface area contributed by atoms with Gasteiger partial charge in [0.25, 0.3) is 5.91 Å². The molecule has 2 aromatic rings. The Morgan fingerprint density at radius 3 is 2.48 bits per heavy atom. The van der Waals surface area contributed by atoms with E-state index in [1.807, 2.05) is 57.1 Å². The van der Waals surface area contributed by atoms with Gasteiger partial charge in [-0.3, -0.25) is 4.79 Å². The first-order valence-electron chi connectivity index (χ1n) is 7.62. The van der Waals surface area contributed by atoms with Crippen LogP contribution in [-0.2, 0) is 5.41 Å². The first kappa shape index (κ1) is 17.0. The molecular weight excluding hydrogens is 291 g/mol. The van der Waals surface area contributed by atoms with E-state index in [1.54, 1.807) is 18.2 Å². The number of amides is 1. The highest BCUT2D eigenvalue weighted by Gasteiger charge is 2.24. The Balaban J connectivity index is 2.09. The van der Waals surface area contributed by atoms with Crippen LogP contribution in [0.4, 0.5) is 10.1 Å². The van der Waals surface area contributed by atoms with Gasteiger partial charge in [0.2, 0.25) is 0 Å². The third-order valence-corrected chi connectivity index (χ3v) is 3.92. The molecule has 0 aliphatic rings. The van der Waals surface area contributed by atoms with Crippen molar-refractivity contribution >= 4 is 11.6 Å². The number of nitrogens with one attached hydrogen (secondary N) is 1. The molecule has 1 N–H and O–H groups in total. The first-order chi connectivity index (χ1) is 10.8. The molecular formula is C19H23FN2O. The summed E-state index contributed by atoms with van der Waals surface area (Å²) < 4.78 is 14.0. The molecule has 122 valence electrons. The van der Waals surface area contributed by atoms with Crippen LogP contribution >= 0.6 is 0 Å². The summed E-state index contributed by atoms with van der Waals surface area (Å²) in [4.78, 5) is 14.3. The second-order valence-corrected chi connectivity index (χ2v) is 6.49. The molecule has 0 radical (unpaired) electrons. The molecule has 2 aromatic carbocycles. The lowest BCUT2D eigenvalue weighted by Gasteiger charge is -2.26. The largest absolute Gasteiger partial charge is 0.378 e. The number of carbonyl (C=O) groups excluding carboxylic acids is 1. The third kappa shape index (κ3) is 4.09. The summed E-state index contributed by atoms with van der Waals surface area (Å²) in [6.07, 6.45) is 0. The molecule has 1 amide bonds. The van der Waals surface area contributed by atoms with E-state index < -0.39 is 5.41 Å². The molecule has 0 aliphatic heterocycles. The Morgan fingerprint density at radius 1 is 1.13 bits per heavy atom. The van der Waals surface area contributed by atoms with Gasteiger partial charge in [-0.15, -0.1) is 0 Å². The molecule has 2 rings (SSSR count). The molecule has 0 atom stereocenters. The Kier molecular flexibility index (Phi) is 5.04. The zero-order chi connectivity index (χ0) is 17.0. The van der Waals surface area contributed by atoms with E-state index in [2.05, 4.69) is 5.32 Å². The number of hydrogen-bond donors (Lipinski definition) is 1. The van der Waals surface area contributed by atoms with Crippen LogP contribution in [0.2, 0.25) is 0 Å². The van der Waals surface area contributed by atoms with E-state index in [9.17, 15) is 9.18 Å². The van der Waals surface area contributed by atoms with Crippen molar-refractivity contribution in [1.29, 1.82) is 0 Å². The van der Waals surface area contributed by atoms with Gasteiger partial charge in [-0.1, -0.05) is 38.1 Å². The van der Waals surface area contributed by atoms with Gasteiger partial charge >= 0.3 is 0 Å². The minimum Gasteiger partial charge on any atom is -0.378 e. The van der Waals surface area contributed by atoms with Gasteiger partial charge in [0.15, 0.2) is 0 Å². The highest BCUT2D eigenvalue weighted by atomic mass is 19.1. The highest BCUT2D eigenvalue weighted by Crippen LogP contribution is 2.25. The van der Waals surface area contributed by atoms with E-state index in [-0.39, 0.29) is 11.7 Å². The predicted molar refractivity (Wildman–Crippen MR) is 92.5 cm³/mol. The lowest BCUT2D eigenvalue weighted by atomic mass is 9.84.